The maximum atomic E-state index is 12.3. The van der Waals surface area contributed by atoms with Crippen LogP contribution in [0.3, 0.4) is 0 Å². The third kappa shape index (κ3) is 4.10. The van der Waals surface area contributed by atoms with Crippen LogP contribution in [0.2, 0.25) is 0 Å². The van der Waals surface area contributed by atoms with E-state index < -0.39 is 5.97 Å². The van der Waals surface area contributed by atoms with Crippen LogP contribution in [0, 0.1) is 0 Å². The molecule has 1 saturated heterocycles. The number of carbonyl (C=O) groups excluding carboxylic acids is 2. The molecule has 2 heterocycles. The molecule has 0 saturated carbocycles. The van der Waals surface area contributed by atoms with Crippen molar-refractivity contribution in [1.82, 2.24) is 9.88 Å². The highest BCUT2D eigenvalue weighted by molar-refractivity contribution is 7.16. The highest BCUT2D eigenvalue weighted by atomic mass is 32.1. The molecule has 1 amide bonds. The quantitative estimate of drug-likeness (QED) is 0.747. The van der Waals surface area contributed by atoms with Gasteiger partial charge in [-0.1, -0.05) is 6.07 Å². The van der Waals surface area contributed by atoms with Crippen LogP contribution in [0.1, 0.15) is 18.4 Å². The van der Waals surface area contributed by atoms with Gasteiger partial charge in [-0.25, -0.2) is 9.78 Å². The minimum atomic E-state index is -0.391. The van der Waals surface area contributed by atoms with Crippen LogP contribution in [-0.2, 0) is 25.5 Å². The van der Waals surface area contributed by atoms with Crippen LogP contribution in [0.15, 0.2) is 23.7 Å². The SMILES string of the molecule is COC(=O)COC1CCN(C(=O)CCc2ccc3ncsc3c2)C1. The molecule has 0 radical (unpaired) electrons. The summed E-state index contributed by atoms with van der Waals surface area (Å²) in [5.74, 6) is -0.262. The number of aromatic nitrogens is 1. The fourth-order valence-corrected chi connectivity index (χ4v) is 3.54. The first-order valence-corrected chi connectivity index (χ1v) is 8.82. The van der Waals surface area contributed by atoms with Crippen LogP contribution in [0.4, 0.5) is 0 Å². The molecule has 1 aromatic heterocycles. The molecule has 1 aromatic carbocycles. The molecule has 1 aliphatic rings. The topological polar surface area (TPSA) is 68.7 Å². The van der Waals surface area contributed by atoms with E-state index >= 15 is 0 Å². The number of hydrogen-bond acceptors (Lipinski definition) is 6. The monoisotopic (exact) mass is 348 g/mol. The minimum Gasteiger partial charge on any atom is -0.467 e. The van der Waals surface area contributed by atoms with Gasteiger partial charge in [0, 0.05) is 19.5 Å². The van der Waals surface area contributed by atoms with Crippen molar-refractivity contribution < 1.29 is 19.1 Å². The molecule has 1 atom stereocenters. The first-order chi connectivity index (χ1) is 11.7. The molecule has 1 aliphatic heterocycles. The van der Waals surface area contributed by atoms with Crippen LogP contribution in [0.5, 0.6) is 0 Å². The second-order valence-corrected chi connectivity index (χ2v) is 6.68. The Bertz CT molecular complexity index is 730. The molecule has 1 unspecified atom stereocenters. The van der Waals surface area contributed by atoms with Crippen molar-refractivity contribution in [1.29, 1.82) is 0 Å². The lowest BCUT2D eigenvalue weighted by Gasteiger charge is -2.16. The molecule has 0 bridgehead atoms. The first-order valence-electron chi connectivity index (χ1n) is 7.94. The largest absolute Gasteiger partial charge is 0.467 e. The van der Waals surface area contributed by atoms with Gasteiger partial charge >= 0.3 is 5.97 Å². The number of ether oxygens (including phenoxy) is 2. The van der Waals surface area contributed by atoms with Gasteiger partial charge in [0.25, 0.3) is 0 Å². The Hall–Kier alpha value is -1.99. The number of benzene rings is 1. The van der Waals surface area contributed by atoms with E-state index in [9.17, 15) is 9.59 Å². The van der Waals surface area contributed by atoms with Gasteiger partial charge in [0.05, 0.1) is 28.9 Å². The number of thiazole rings is 1. The number of fused-ring (bicyclic) bond motifs is 1. The standard InChI is InChI=1S/C17H20N2O4S/c1-22-17(21)10-23-13-6-7-19(9-13)16(20)5-3-12-2-4-14-15(8-12)24-11-18-14/h2,4,8,11,13H,3,5-7,9-10H2,1H3. The highest BCUT2D eigenvalue weighted by Crippen LogP contribution is 2.20. The number of likely N-dealkylation sites (tertiary alicyclic amines) is 1. The maximum Gasteiger partial charge on any atom is 0.331 e. The van der Waals surface area contributed by atoms with Gasteiger partial charge in [-0.15, -0.1) is 11.3 Å². The number of methoxy groups -OCH3 is 1. The summed E-state index contributed by atoms with van der Waals surface area (Å²) in [6.07, 6.45) is 1.88. The van der Waals surface area contributed by atoms with E-state index in [0.29, 0.717) is 19.5 Å². The molecule has 7 heteroatoms. The number of hydrogen-bond donors (Lipinski definition) is 0. The lowest BCUT2D eigenvalue weighted by Crippen LogP contribution is -2.30. The lowest BCUT2D eigenvalue weighted by molar-refractivity contribution is -0.147. The first kappa shape index (κ1) is 16.9. The average molecular weight is 348 g/mol. The molecule has 3 rings (SSSR count). The number of rotatable bonds is 6. The maximum absolute atomic E-state index is 12.3. The van der Waals surface area contributed by atoms with Gasteiger partial charge in [0.1, 0.15) is 6.61 Å². The Labute approximate surface area is 144 Å². The molecular weight excluding hydrogens is 328 g/mol. The highest BCUT2D eigenvalue weighted by Gasteiger charge is 2.27. The van der Waals surface area contributed by atoms with E-state index in [0.717, 1.165) is 28.6 Å². The fraction of sp³-hybridized carbons (Fsp3) is 0.471. The number of nitrogens with zero attached hydrogens (tertiary/aromatic N) is 2. The van der Waals surface area contributed by atoms with Crippen molar-refractivity contribution in [2.24, 2.45) is 0 Å². The average Bonchev–Trinajstić information content (AvgIpc) is 3.26. The normalized spacial score (nSPS) is 17.4. The van der Waals surface area contributed by atoms with Crippen molar-refractivity contribution in [3.8, 4) is 0 Å². The van der Waals surface area contributed by atoms with Gasteiger partial charge in [-0.2, -0.15) is 0 Å². The van der Waals surface area contributed by atoms with Crippen molar-refractivity contribution in [2.75, 3.05) is 26.8 Å². The zero-order chi connectivity index (χ0) is 16.9. The summed E-state index contributed by atoms with van der Waals surface area (Å²) in [4.78, 5) is 29.5. The molecular formula is C17H20N2O4S. The van der Waals surface area contributed by atoms with Crippen molar-refractivity contribution >= 4 is 33.4 Å². The van der Waals surface area contributed by atoms with Gasteiger partial charge in [-0.05, 0) is 30.5 Å². The van der Waals surface area contributed by atoms with E-state index in [4.69, 9.17) is 4.74 Å². The van der Waals surface area contributed by atoms with Crippen molar-refractivity contribution in [2.45, 2.75) is 25.4 Å². The van der Waals surface area contributed by atoms with Crippen LogP contribution in [0.25, 0.3) is 10.2 Å². The Morgan fingerprint density at radius 2 is 2.29 bits per heavy atom. The number of aryl methyl sites for hydroxylation is 1. The molecule has 24 heavy (non-hydrogen) atoms. The summed E-state index contributed by atoms with van der Waals surface area (Å²) in [5, 5.41) is 0. The second kappa shape index (κ2) is 7.72. The minimum absolute atomic E-state index is 0.0575. The lowest BCUT2D eigenvalue weighted by atomic mass is 10.1. The van der Waals surface area contributed by atoms with E-state index in [1.165, 1.54) is 7.11 Å². The number of esters is 1. The van der Waals surface area contributed by atoms with Gasteiger partial charge < -0.3 is 14.4 Å². The van der Waals surface area contributed by atoms with Crippen LogP contribution < -0.4 is 0 Å². The van der Waals surface area contributed by atoms with E-state index in [2.05, 4.69) is 15.8 Å². The molecule has 0 spiro atoms. The van der Waals surface area contributed by atoms with E-state index in [1.807, 2.05) is 22.5 Å². The summed E-state index contributed by atoms with van der Waals surface area (Å²) in [7, 11) is 1.33. The third-order valence-corrected chi connectivity index (χ3v) is 4.98. The smallest absolute Gasteiger partial charge is 0.331 e. The van der Waals surface area contributed by atoms with E-state index in [-0.39, 0.29) is 18.6 Å². The Kier molecular flexibility index (Phi) is 5.42. The number of amides is 1. The zero-order valence-corrected chi connectivity index (χ0v) is 14.4. The molecule has 0 aliphatic carbocycles. The Morgan fingerprint density at radius 1 is 1.42 bits per heavy atom. The Morgan fingerprint density at radius 3 is 3.12 bits per heavy atom. The molecule has 2 aromatic rings. The zero-order valence-electron chi connectivity index (χ0n) is 13.6. The predicted octanol–water partition coefficient (Wildman–Crippen LogP) is 2.02. The summed E-state index contributed by atoms with van der Waals surface area (Å²) >= 11 is 1.61. The molecule has 0 N–H and O–H groups in total. The van der Waals surface area contributed by atoms with Crippen molar-refractivity contribution in [3.63, 3.8) is 0 Å². The molecule has 6 nitrogen and oxygen atoms in total. The van der Waals surface area contributed by atoms with Gasteiger partial charge in [0.2, 0.25) is 5.91 Å². The molecule has 128 valence electrons. The summed E-state index contributed by atoms with van der Waals surface area (Å²) < 4.78 is 11.2. The molecule has 1 fully saturated rings. The predicted molar refractivity (Wildman–Crippen MR) is 90.9 cm³/mol. The van der Waals surface area contributed by atoms with Gasteiger partial charge in [0.15, 0.2) is 0 Å². The summed E-state index contributed by atoms with van der Waals surface area (Å²) in [6.45, 7) is 1.17. The van der Waals surface area contributed by atoms with Crippen LogP contribution in [-0.4, -0.2) is 54.7 Å². The van der Waals surface area contributed by atoms with Gasteiger partial charge in [-0.3, -0.25) is 4.79 Å². The fourth-order valence-electron chi connectivity index (χ4n) is 2.80. The summed E-state index contributed by atoms with van der Waals surface area (Å²) in [5.41, 5.74) is 3.98. The third-order valence-electron chi connectivity index (χ3n) is 4.19. The Balaban J connectivity index is 1.46. The van der Waals surface area contributed by atoms with Crippen LogP contribution >= 0.6 is 11.3 Å². The number of carbonyl (C=O) groups is 2. The summed E-state index contributed by atoms with van der Waals surface area (Å²) in [6, 6.07) is 6.13. The van der Waals surface area contributed by atoms with E-state index in [1.54, 1.807) is 11.3 Å². The second-order valence-electron chi connectivity index (χ2n) is 5.79. The van der Waals surface area contributed by atoms with Crippen molar-refractivity contribution in [3.05, 3.63) is 29.3 Å².